The molecule has 1 aliphatic heterocycles. The van der Waals surface area contributed by atoms with Gasteiger partial charge in [-0.25, -0.2) is 0 Å². The standard InChI is InChI=1S/C24H24ClNO4/c1-14-7-8-15(11-19(14)25)26-20-5-4-6-21(27)24(20)18(13-23(26)28)17-12-16(29-2)9-10-22(17)30-3/h7-12,18H,4-6,13H2,1-3H3. The number of aryl methyl sites for hydroxylation is 1. The van der Waals surface area contributed by atoms with E-state index in [1.165, 1.54) is 0 Å². The summed E-state index contributed by atoms with van der Waals surface area (Å²) in [6, 6.07) is 11.1. The molecule has 1 unspecified atom stereocenters. The highest BCUT2D eigenvalue weighted by molar-refractivity contribution is 6.31. The zero-order chi connectivity index (χ0) is 21.4. The number of hydrogen-bond donors (Lipinski definition) is 0. The van der Waals surface area contributed by atoms with Crippen LogP contribution in [0.15, 0.2) is 47.7 Å². The molecule has 4 rings (SSSR count). The van der Waals surface area contributed by atoms with Gasteiger partial charge in [-0.2, -0.15) is 0 Å². The van der Waals surface area contributed by atoms with Crippen LogP contribution in [0, 0.1) is 6.92 Å². The fourth-order valence-corrected chi connectivity index (χ4v) is 4.57. The van der Waals surface area contributed by atoms with Gasteiger partial charge >= 0.3 is 0 Å². The van der Waals surface area contributed by atoms with Crippen LogP contribution in [0.1, 0.15) is 42.7 Å². The summed E-state index contributed by atoms with van der Waals surface area (Å²) < 4.78 is 10.9. The minimum Gasteiger partial charge on any atom is -0.497 e. The Balaban J connectivity index is 1.89. The molecule has 30 heavy (non-hydrogen) atoms. The number of Topliss-reactive ketones (excluding diaryl/α,β-unsaturated/α-hetero) is 1. The normalized spacial score (nSPS) is 19.1. The number of hydrogen-bond acceptors (Lipinski definition) is 4. The van der Waals surface area contributed by atoms with E-state index in [2.05, 4.69) is 0 Å². The molecule has 0 saturated heterocycles. The van der Waals surface area contributed by atoms with E-state index in [0.717, 1.165) is 23.2 Å². The topological polar surface area (TPSA) is 55.8 Å². The van der Waals surface area contributed by atoms with Gasteiger partial charge in [0.25, 0.3) is 0 Å². The number of anilines is 1. The summed E-state index contributed by atoms with van der Waals surface area (Å²) in [7, 11) is 3.19. The average molecular weight is 426 g/mol. The number of methoxy groups -OCH3 is 2. The molecular weight excluding hydrogens is 402 g/mol. The molecule has 156 valence electrons. The Morgan fingerprint density at radius 2 is 1.83 bits per heavy atom. The number of carbonyl (C=O) groups is 2. The minimum absolute atomic E-state index is 0.0572. The van der Waals surface area contributed by atoms with Crippen LogP contribution in [0.3, 0.4) is 0 Å². The second-order valence-corrected chi connectivity index (χ2v) is 8.07. The molecule has 6 heteroatoms. The summed E-state index contributed by atoms with van der Waals surface area (Å²) in [6.45, 7) is 1.92. The number of carbonyl (C=O) groups excluding carboxylic acids is 2. The van der Waals surface area contributed by atoms with Crippen molar-refractivity contribution >= 4 is 29.0 Å². The molecule has 0 bridgehead atoms. The Morgan fingerprint density at radius 1 is 1.03 bits per heavy atom. The van der Waals surface area contributed by atoms with Crippen LogP contribution >= 0.6 is 11.6 Å². The van der Waals surface area contributed by atoms with Gasteiger partial charge in [-0.15, -0.1) is 0 Å². The molecule has 5 nitrogen and oxygen atoms in total. The molecule has 1 amide bonds. The Kier molecular flexibility index (Phi) is 5.56. The Hall–Kier alpha value is -2.79. The first kappa shape index (κ1) is 20.5. The molecule has 1 atom stereocenters. The van der Waals surface area contributed by atoms with E-state index in [0.29, 0.717) is 40.6 Å². The quantitative estimate of drug-likeness (QED) is 0.676. The highest BCUT2D eigenvalue weighted by Crippen LogP contribution is 2.46. The van der Waals surface area contributed by atoms with Gasteiger partial charge in [0.1, 0.15) is 11.5 Å². The number of nitrogens with zero attached hydrogens (tertiary/aromatic N) is 1. The van der Waals surface area contributed by atoms with E-state index >= 15 is 0 Å². The lowest BCUT2D eigenvalue weighted by Crippen LogP contribution is -2.40. The number of amides is 1. The monoisotopic (exact) mass is 425 g/mol. The second kappa shape index (κ2) is 8.15. The first-order valence-electron chi connectivity index (χ1n) is 10.0. The van der Waals surface area contributed by atoms with Crippen molar-refractivity contribution in [1.82, 2.24) is 0 Å². The van der Waals surface area contributed by atoms with Crippen LogP contribution < -0.4 is 14.4 Å². The largest absolute Gasteiger partial charge is 0.497 e. The SMILES string of the molecule is COc1ccc(OC)c(C2CC(=O)N(c3ccc(C)c(Cl)c3)C3=C2C(=O)CCC3)c1. The molecule has 0 fully saturated rings. The Morgan fingerprint density at radius 3 is 2.53 bits per heavy atom. The zero-order valence-corrected chi connectivity index (χ0v) is 18.1. The molecule has 0 saturated carbocycles. The van der Waals surface area contributed by atoms with Crippen LogP contribution in [0.25, 0.3) is 0 Å². The van der Waals surface area contributed by atoms with Gasteiger partial charge in [0.15, 0.2) is 5.78 Å². The van der Waals surface area contributed by atoms with Crippen molar-refractivity contribution < 1.29 is 19.1 Å². The molecule has 2 aliphatic rings. The second-order valence-electron chi connectivity index (χ2n) is 7.66. The number of ketones is 1. The Labute approximate surface area is 181 Å². The van der Waals surface area contributed by atoms with Gasteiger partial charge in [0.2, 0.25) is 5.91 Å². The van der Waals surface area contributed by atoms with Crippen molar-refractivity contribution in [1.29, 1.82) is 0 Å². The van der Waals surface area contributed by atoms with Crippen LogP contribution in [-0.4, -0.2) is 25.9 Å². The first-order chi connectivity index (χ1) is 14.4. The molecule has 2 aromatic carbocycles. The third-order valence-corrected chi connectivity index (χ3v) is 6.31. The van der Waals surface area contributed by atoms with Crippen LogP contribution in [0.5, 0.6) is 11.5 Å². The van der Waals surface area contributed by atoms with Gasteiger partial charge in [-0.3, -0.25) is 14.5 Å². The van der Waals surface area contributed by atoms with Gasteiger partial charge in [0.05, 0.1) is 19.9 Å². The summed E-state index contributed by atoms with van der Waals surface area (Å²) in [6.07, 6.45) is 2.06. The molecule has 0 radical (unpaired) electrons. The summed E-state index contributed by atoms with van der Waals surface area (Å²) in [4.78, 5) is 28.1. The number of halogens is 1. The van der Waals surface area contributed by atoms with Crippen LogP contribution in [-0.2, 0) is 9.59 Å². The molecule has 0 aromatic heterocycles. The highest BCUT2D eigenvalue weighted by atomic mass is 35.5. The summed E-state index contributed by atoms with van der Waals surface area (Å²) in [5.41, 5.74) is 3.92. The maximum Gasteiger partial charge on any atom is 0.232 e. The molecule has 2 aromatic rings. The van der Waals surface area contributed by atoms with Crippen molar-refractivity contribution in [2.24, 2.45) is 0 Å². The van der Waals surface area contributed by atoms with Crippen molar-refractivity contribution in [2.45, 2.75) is 38.5 Å². The van der Waals surface area contributed by atoms with Crippen molar-refractivity contribution in [3.63, 3.8) is 0 Å². The summed E-state index contributed by atoms with van der Waals surface area (Å²) in [5.74, 6) is 0.977. The van der Waals surface area contributed by atoms with E-state index in [-0.39, 0.29) is 24.0 Å². The summed E-state index contributed by atoms with van der Waals surface area (Å²) in [5, 5.41) is 0.598. The van der Waals surface area contributed by atoms with E-state index in [4.69, 9.17) is 21.1 Å². The molecular formula is C24H24ClNO4. The Bertz CT molecular complexity index is 1060. The minimum atomic E-state index is -0.359. The van der Waals surface area contributed by atoms with E-state index < -0.39 is 0 Å². The number of ether oxygens (including phenoxy) is 2. The highest BCUT2D eigenvalue weighted by Gasteiger charge is 2.40. The van der Waals surface area contributed by atoms with Gasteiger partial charge < -0.3 is 9.47 Å². The zero-order valence-electron chi connectivity index (χ0n) is 17.3. The number of rotatable bonds is 4. The lowest BCUT2D eigenvalue weighted by Gasteiger charge is -2.38. The first-order valence-corrected chi connectivity index (χ1v) is 10.4. The third kappa shape index (κ3) is 3.47. The van der Waals surface area contributed by atoms with Crippen molar-refractivity contribution in [3.05, 3.63) is 63.8 Å². The lowest BCUT2D eigenvalue weighted by atomic mass is 9.76. The molecule has 1 heterocycles. The van der Waals surface area contributed by atoms with Crippen molar-refractivity contribution in [2.75, 3.05) is 19.1 Å². The smallest absolute Gasteiger partial charge is 0.232 e. The van der Waals surface area contributed by atoms with Crippen molar-refractivity contribution in [3.8, 4) is 11.5 Å². The predicted octanol–water partition coefficient (Wildman–Crippen LogP) is 5.19. The number of allylic oxidation sites excluding steroid dienone is 2. The summed E-state index contributed by atoms with van der Waals surface area (Å²) >= 11 is 6.33. The molecule has 1 aliphatic carbocycles. The molecule has 0 N–H and O–H groups in total. The van der Waals surface area contributed by atoms with Gasteiger partial charge in [-0.05, 0) is 55.7 Å². The van der Waals surface area contributed by atoms with Gasteiger partial charge in [0, 0.05) is 40.6 Å². The average Bonchev–Trinajstić information content (AvgIpc) is 2.75. The van der Waals surface area contributed by atoms with E-state index in [1.807, 2.05) is 37.3 Å². The van der Waals surface area contributed by atoms with Crippen LogP contribution in [0.4, 0.5) is 5.69 Å². The van der Waals surface area contributed by atoms with E-state index in [9.17, 15) is 9.59 Å². The molecule has 0 spiro atoms. The fraction of sp³-hybridized carbons (Fsp3) is 0.333. The van der Waals surface area contributed by atoms with E-state index in [1.54, 1.807) is 25.2 Å². The third-order valence-electron chi connectivity index (χ3n) is 5.90. The number of benzene rings is 2. The predicted molar refractivity (Wildman–Crippen MR) is 116 cm³/mol. The maximum absolute atomic E-state index is 13.4. The maximum atomic E-state index is 13.4. The van der Waals surface area contributed by atoms with Crippen LogP contribution in [0.2, 0.25) is 5.02 Å². The lowest BCUT2D eigenvalue weighted by molar-refractivity contribution is -0.119. The van der Waals surface area contributed by atoms with Gasteiger partial charge in [-0.1, -0.05) is 17.7 Å². The fourth-order valence-electron chi connectivity index (χ4n) is 4.39.